The SMILES string of the molecule is CN(C)CCC(CCN(C)C)CCN(C)C.CN(C)CCCC(CCCN(C)C)CCCN(C)C.CN(C)CCCCC(CCCCN(C)C)CCCCN(C)C. The highest BCUT2D eigenvalue weighted by Crippen LogP contribution is 2.23. The molecule has 0 aromatic heterocycles. The van der Waals surface area contributed by atoms with E-state index < -0.39 is 0 Å². The fourth-order valence-electron chi connectivity index (χ4n) is 7.29. The van der Waals surface area contributed by atoms with E-state index in [-0.39, 0.29) is 0 Å². The highest BCUT2D eigenvalue weighted by molar-refractivity contribution is 4.66. The van der Waals surface area contributed by atoms with E-state index in [1.165, 1.54) is 174 Å². The topological polar surface area (TPSA) is 29.2 Å². The van der Waals surface area contributed by atoms with Gasteiger partial charge in [-0.2, -0.15) is 0 Å². The first kappa shape index (κ1) is 60.9. The minimum Gasteiger partial charge on any atom is -0.309 e. The van der Waals surface area contributed by atoms with E-state index in [1.807, 2.05) is 0 Å². The zero-order valence-corrected chi connectivity index (χ0v) is 42.8. The summed E-state index contributed by atoms with van der Waals surface area (Å²) in [5.41, 5.74) is 0. The van der Waals surface area contributed by atoms with E-state index in [0.29, 0.717) is 0 Å². The molecule has 0 aliphatic carbocycles. The van der Waals surface area contributed by atoms with Gasteiger partial charge >= 0.3 is 0 Å². The first-order valence-corrected chi connectivity index (χ1v) is 23.6. The summed E-state index contributed by atoms with van der Waals surface area (Å²) in [6.07, 6.45) is 24.9. The lowest BCUT2D eigenvalue weighted by atomic mass is 9.90. The summed E-state index contributed by atoms with van der Waals surface area (Å²) in [5, 5.41) is 0. The van der Waals surface area contributed by atoms with Crippen molar-refractivity contribution in [3.05, 3.63) is 0 Å². The van der Waals surface area contributed by atoms with Gasteiger partial charge in [0.05, 0.1) is 0 Å². The molecule has 0 rings (SSSR count). The van der Waals surface area contributed by atoms with E-state index >= 15 is 0 Å². The van der Waals surface area contributed by atoms with E-state index in [4.69, 9.17) is 0 Å². The molecule has 348 valence electrons. The van der Waals surface area contributed by atoms with Crippen LogP contribution in [0.25, 0.3) is 0 Å². The zero-order chi connectivity index (χ0) is 44.0. The van der Waals surface area contributed by atoms with Crippen molar-refractivity contribution in [3.63, 3.8) is 0 Å². The summed E-state index contributed by atoms with van der Waals surface area (Å²) in [6.45, 7) is 11.1. The Hall–Kier alpha value is -0.360. The lowest BCUT2D eigenvalue weighted by molar-refractivity contribution is 0.270. The number of hydrogen-bond acceptors (Lipinski definition) is 9. The minimum atomic E-state index is 0.868. The highest BCUT2D eigenvalue weighted by atomic mass is 15.1. The molecule has 57 heavy (non-hydrogen) atoms. The van der Waals surface area contributed by atoms with Gasteiger partial charge in [-0.1, -0.05) is 38.5 Å². The van der Waals surface area contributed by atoms with Gasteiger partial charge in [0.15, 0.2) is 0 Å². The minimum absolute atomic E-state index is 0.868. The summed E-state index contributed by atoms with van der Waals surface area (Å²) in [7, 11) is 39.1. The summed E-state index contributed by atoms with van der Waals surface area (Å²) in [6, 6.07) is 0. The summed E-state index contributed by atoms with van der Waals surface area (Å²) >= 11 is 0. The smallest absolute Gasteiger partial charge is 0.00222 e. The quantitative estimate of drug-likeness (QED) is 0.0587. The van der Waals surface area contributed by atoms with E-state index in [2.05, 4.69) is 171 Å². The molecular weight excluding hydrogens is 703 g/mol. The second-order valence-corrected chi connectivity index (χ2v) is 20.1. The molecule has 9 heteroatoms. The molecule has 0 aliphatic rings. The first-order chi connectivity index (χ1) is 26.7. The van der Waals surface area contributed by atoms with Crippen molar-refractivity contribution in [1.82, 2.24) is 44.1 Å². The second-order valence-electron chi connectivity index (χ2n) is 20.1. The molecule has 0 aromatic rings. The van der Waals surface area contributed by atoms with E-state index in [0.717, 1.165) is 17.8 Å². The van der Waals surface area contributed by atoms with Gasteiger partial charge in [0.2, 0.25) is 0 Å². The van der Waals surface area contributed by atoms with Gasteiger partial charge in [0, 0.05) is 0 Å². The van der Waals surface area contributed by atoms with Crippen LogP contribution in [0.4, 0.5) is 0 Å². The molecule has 0 spiro atoms. The largest absolute Gasteiger partial charge is 0.309 e. The maximum absolute atomic E-state index is 2.31. The average molecular weight is 814 g/mol. The summed E-state index contributed by atoms with van der Waals surface area (Å²) in [5.74, 6) is 2.76. The van der Waals surface area contributed by atoms with Crippen LogP contribution in [0, 0.1) is 17.8 Å². The number of rotatable bonds is 36. The van der Waals surface area contributed by atoms with Crippen molar-refractivity contribution in [2.24, 2.45) is 17.8 Å². The van der Waals surface area contributed by atoms with Gasteiger partial charge in [-0.3, -0.25) is 0 Å². The molecule has 0 N–H and O–H groups in total. The predicted molar refractivity (Wildman–Crippen MR) is 261 cm³/mol. The zero-order valence-electron chi connectivity index (χ0n) is 42.8. The molecule has 0 amide bonds. The van der Waals surface area contributed by atoms with Crippen molar-refractivity contribution in [2.75, 3.05) is 186 Å². The molecule has 0 radical (unpaired) electrons. The third kappa shape index (κ3) is 55.6. The van der Waals surface area contributed by atoms with Gasteiger partial charge < -0.3 is 44.1 Å². The molecule has 0 saturated carbocycles. The molecule has 0 aliphatic heterocycles. The van der Waals surface area contributed by atoms with Crippen LogP contribution in [0.15, 0.2) is 0 Å². The Morgan fingerprint density at radius 1 is 0.175 bits per heavy atom. The van der Waals surface area contributed by atoms with Crippen LogP contribution in [0.5, 0.6) is 0 Å². The van der Waals surface area contributed by atoms with Crippen LogP contribution in [0.1, 0.15) is 116 Å². The van der Waals surface area contributed by atoms with Gasteiger partial charge in [0.25, 0.3) is 0 Å². The molecule has 9 nitrogen and oxygen atoms in total. The van der Waals surface area contributed by atoms with Crippen LogP contribution in [0.2, 0.25) is 0 Å². The van der Waals surface area contributed by atoms with Crippen molar-refractivity contribution in [3.8, 4) is 0 Å². The number of unbranched alkanes of at least 4 members (excludes halogenated alkanes) is 3. The molecule has 0 fully saturated rings. The third-order valence-electron chi connectivity index (χ3n) is 11.0. The Kier molecular flexibility index (Phi) is 45.3. The highest BCUT2D eigenvalue weighted by Gasteiger charge is 2.12. The van der Waals surface area contributed by atoms with Gasteiger partial charge in [-0.05, 0) is 281 Å². The Bertz CT molecular complexity index is 671. The van der Waals surface area contributed by atoms with Crippen LogP contribution in [-0.4, -0.2) is 230 Å². The Morgan fingerprint density at radius 3 is 0.526 bits per heavy atom. The Balaban J connectivity index is -0.000000777. The van der Waals surface area contributed by atoms with Crippen LogP contribution < -0.4 is 0 Å². The second kappa shape index (κ2) is 42.3. The van der Waals surface area contributed by atoms with Crippen LogP contribution in [-0.2, 0) is 0 Å². The van der Waals surface area contributed by atoms with E-state index in [1.54, 1.807) is 0 Å². The van der Waals surface area contributed by atoms with Gasteiger partial charge in [-0.15, -0.1) is 0 Å². The number of nitrogens with zero attached hydrogens (tertiary/aromatic N) is 9. The van der Waals surface area contributed by atoms with Crippen LogP contribution in [0.3, 0.4) is 0 Å². The summed E-state index contributed by atoms with van der Waals surface area (Å²) < 4.78 is 0. The van der Waals surface area contributed by atoms with Gasteiger partial charge in [-0.25, -0.2) is 0 Å². The fourth-order valence-corrected chi connectivity index (χ4v) is 7.29. The van der Waals surface area contributed by atoms with Crippen molar-refractivity contribution in [1.29, 1.82) is 0 Å². The maximum Gasteiger partial charge on any atom is -0.00222 e. The Labute approximate surface area is 362 Å². The molecular formula is C48H111N9. The molecule has 0 atom stereocenters. The molecule has 0 aromatic carbocycles. The molecule has 0 unspecified atom stereocenters. The molecule has 0 bridgehead atoms. The standard InChI is InChI=1S/C19H43N3.C16H37N3.C13H31N3/c1-20(2)16-10-7-13-19(14-8-11-17-21(3)4)15-9-12-18-22(5)6;1-17(2)13-7-10-16(11-8-14-18(3)4)12-9-15-19(5)6;1-14(2)10-7-13(8-11-15(3)4)9-12-16(5)6/h19H,7-18H2,1-6H3;16H,7-15H2,1-6H3;13H,7-12H2,1-6H3. The van der Waals surface area contributed by atoms with Crippen molar-refractivity contribution < 1.29 is 0 Å². The average Bonchev–Trinajstić information content (AvgIpc) is 3.09. The van der Waals surface area contributed by atoms with Gasteiger partial charge in [0.1, 0.15) is 0 Å². The van der Waals surface area contributed by atoms with Crippen molar-refractivity contribution in [2.45, 2.75) is 116 Å². The summed E-state index contributed by atoms with van der Waals surface area (Å²) in [4.78, 5) is 20.7. The van der Waals surface area contributed by atoms with E-state index in [9.17, 15) is 0 Å². The number of hydrogen-bond donors (Lipinski definition) is 0. The third-order valence-corrected chi connectivity index (χ3v) is 11.0. The monoisotopic (exact) mass is 814 g/mol. The first-order valence-electron chi connectivity index (χ1n) is 23.6. The fraction of sp³-hybridized carbons (Fsp3) is 1.00. The predicted octanol–water partition coefficient (Wildman–Crippen LogP) is 7.88. The lowest BCUT2D eigenvalue weighted by Crippen LogP contribution is -2.24. The molecule has 0 heterocycles. The normalized spacial score (nSPS) is 12.3. The maximum atomic E-state index is 2.31. The molecule has 0 saturated heterocycles. The van der Waals surface area contributed by atoms with Crippen molar-refractivity contribution >= 4 is 0 Å². The lowest BCUT2D eigenvalue weighted by Gasteiger charge is -2.22. The van der Waals surface area contributed by atoms with Crippen LogP contribution >= 0.6 is 0 Å². The Morgan fingerprint density at radius 2 is 0.333 bits per heavy atom.